The van der Waals surface area contributed by atoms with Gasteiger partial charge in [0.25, 0.3) is 5.01 Å². The Balaban J connectivity index is 1.38. The highest BCUT2D eigenvalue weighted by atomic mass is 32.1. The van der Waals surface area contributed by atoms with E-state index in [4.69, 9.17) is 4.98 Å². The molecule has 0 aliphatic rings. The largest absolute Gasteiger partial charge is 0.262 e. The SMILES string of the molecule is CCCCCCCCCC[n+]1c(C=CCc2nc3ccccc3s2)sc2ccccc21. The molecule has 2 aromatic carbocycles. The minimum Gasteiger partial charge on any atom is -0.241 e. The summed E-state index contributed by atoms with van der Waals surface area (Å²) in [5, 5.41) is 2.54. The fraction of sp³-hybridized carbons (Fsp3) is 0.407. The fourth-order valence-corrected chi connectivity index (χ4v) is 6.14. The van der Waals surface area contributed by atoms with Crippen LogP contribution in [0.15, 0.2) is 54.6 Å². The molecule has 2 nitrogen and oxygen atoms in total. The number of aryl methyl sites for hydroxylation is 1. The van der Waals surface area contributed by atoms with Crippen LogP contribution in [0, 0.1) is 0 Å². The van der Waals surface area contributed by atoms with Crippen molar-refractivity contribution in [3.63, 3.8) is 0 Å². The molecule has 4 rings (SSSR count). The van der Waals surface area contributed by atoms with Gasteiger partial charge in [0.1, 0.15) is 4.70 Å². The first-order valence-electron chi connectivity index (χ1n) is 11.8. The molecule has 4 aromatic rings. The van der Waals surface area contributed by atoms with Crippen LogP contribution in [0.4, 0.5) is 0 Å². The summed E-state index contributed by atoms with van der Waals surface area (Å²) in [5.41, 5.74) is 2.48. The second kappa shape index (κ2) is 11.5. The van der Waals surface area contributed by atoms with Gasteiger partial charge in [-0.1, -0.05) is 87.1 Å². The first kappa shape index (κ1) is 22.2. The minimum absolute atomic E-state index is 0.894. The first-order valence-corrected chi connectivity index (χ1v) is 13.4. The van der Waals surface area contributed by atoms with E-state index in [0.29, 0.717) is 0 Å². The summed E-state index contributed by atoms with van der Waals surface area (Å²) in [7, 11) is 0. The predicted octanol–water partition coefficient (Wildman–Crippen LogP) is 8.20. The topological polar surface area (TPSA) is 16.8 Å². The number of hydrogen-bond acceptors (Lipinski definition) is 3. The van der Waals surface area contributed by atoms with Gasteiger partial charge >= 0.3 is 0 Å². The van der Waals surface area contributed by atoms with Crippen LogP contribution in [0.3, 0.4) is 0 Å². The van der Waals surface area contributed by atoms with E-state index in [9.17, 15) is 0 Å². The Morgan fingerprint density at radius 1 is 0.806 bits per heavy atom. The van der Waals surface area contributed by atoms with Gasteiger partial charge < -0.3 is 0 Å². The van der Waals surface area contributed by atoms with Crippen molar-refractivity contribution < 1.29 is 4.57 Å². The Hall–Kier alpha value is -2.04. The highest BCUT2D eigenvalue weighted by molar-refractivity contribution is 7.19. The smallest absolute Gasteiger partial charge is 0.241 e. The number of allylic oxidation sites excluding steroid dienone is 1. The molecular weight excluding hydrogens is 416 g/mol. The van der Waals surface area contributed by atoms with Crippen molar-refractivity contribution in [1.82, 2.24) is 4.98 Å². The Morgan fingerprint density at radius 2 is 1.52 bits per heavy atom. The molecule has 4 heteroatoms. The number of nitrogens with zero attached hydrogens (tertiary/aromatic N) is 2. The lowest BCUT2D eigenvalue weighted by atomic mass is 10.1. The Labute approximate surface area is 194 Å². The molecule has 2 heterocycles. The molecule has 0 saturated heterocycles. The molecule has 0 aliphatic carbocycles. The molecule has 0 aliphatic heterocycles. The first-order chi connectivity index (χ1) is 15.3. The molecule has 0 spiro atoms. The Kier molecular flexibility index (Phi) is 8.25. The Bertz CT molecular complexity index is 1090. The van der Waals surface area contributed by atoms with Crippen molar-refractivity contribution in [2.75, 3.05) is 0 Å². The number of aromatic nitrogens is 2. The molecule has 31 heavy (non-hydrogen) atoms. The average molecular weight is 450 g/mol. The normalized spacial score (nSPS) is 11.9. The third kappa shape index (κ3) is 6.02. The maximum Gasteiger partial charge on any atom is 0.262 e. The molecule has 0 fully saturated rings. The quantitative estimate of drug-likeness (QED) is 0.157. The third-order valence-corrected chi connectivity index (χ3v) is 7.95. The molecule has 162 valence electrons. The summed E-state index contributed by atoms with van der Waals surface area (Å²) in [6, 6.07) is 17.2. The molecule has 0 unspecified atom stereocenters. The lowest BCUT2D eigenvalue weighted by molar-refractivity contribution is -0.669. The van der Waals surface area contributed by atoms with Crippen molar-refractivity contribution in [3.05, 3.63) is 64.6 Å². The van der Waals surface area contributed by atoms with Crippen LogP contribution in [-0.2, 0) is 13.0 Å². The summed E-state index contributed by atoms with van der Waals surface area (Å²) < 4.78 is 5.17. The summed E-state index contributed by atoms with van der Waals surface area (Å²) >= 11 is 3.70. The maximum atomic E-state index is 4.77. The van der Waals surface area contributed by atoms with Gasteiger partial charge in [0.05, 0.1) is 15.2 Å². The molecule has 0 saturated carbocycles. The zero-order valence-electron chi connectivity index (χ0n) is 18.6. The van der Waals surface area contributed by atoms with Gasteiger partial charge in [0.2, 0.25) is 5.52 Å². The third-order valence-electron chi connectivity index (χ3n) is 5.76. The highest BCUT2D eigenvalue weighted by Gasteiger charge is 2.17. The molecule has 0 N–H and O–H groups in total. The number of para-hydroxylation sites is 2. The van der Waals surface area contributed by atoms with Crippen molar-refractivity contribution in [3.8, 4) is 0 Å². The summed E-state index contributed by atoms with van der Waals surface area (Å²) in [4.78, 5) is 4.77. The second-order valence-corrected chi connectivity index (χ2v) is 10.4. The lowest BCUT2D eigenvalue weighted by Crippen LogP contribution is -2.35. The van der Waals surface area contributed by atoms with Crippen molar-refractivity contribution in [2.24, 2.45) is 0 Å². The van der Waals surface area contributed by atoms with E-state index < -0.39 is 0 Å². The lowest BCUT2D eigenvalue weighted by Gasteiger charge is -2.01. The molecular formula is C27H33N2S2+. The average Bonchev–Trinajstić information content (AvgIpc) is 3.36. The van der Waals surface area contributed by atoms with Gasteiger partial charge in [0.15, 0.2) is 6.54 Å². The van der Waals surface area contributed by atoms with E-state index in [1.165, 1.54) is 76.3 Å². The molecule has 0 amide bonds. The standard InChI is InChI=1S/C27H33N2S2/c1-2-3-4-5-6-7-8-13-21-29-23-16-10-12-18-25(23)31-27(29)20-14-19-26-28-22-15-9-11-17-24(22)30-26/h9-12,14-18,20H,2-8,13,19,21H2,1H3/q+1. The summed E-state index contributed by atoms with van der Waals surface area (Å²) in [6.45, 7) is 3.40. The minimum atomic E-state index is 0.894. The zero-order chi connectivity index (χ0) is 21.3. The van der Waals surface area contributed by atoms with Crippen LogP contribution in [0.25, 0.3) is 26.5 Å². The van der Waals surface area contributed by atoms with Gasteiger partial charge in [-0.3, -0.25) is 0 Å². The van der Waals surface area contributed by atoms with Crippen LogP contribution < -0.4 is 4.57 Å². The zero-order valence-corrected chi connectivity index (χ0v) is 20.2. The Morgan fingerprint density at radius 3 is 2.32 bits per heavy atom. The van der Waals surface area contributed by atoms with Gasteiger partial charge in [-0.2, -0.15) is 4.57 Å². The second-order valence-electron chi connectivity index (χ2n) is 8.22. The number of hydrogen-bond donors (Lipinski definition) is 0. The van der Waals surface area contributed by atoms with Gasteiger partial charge in [0, 0.05) is 25.0 Å². The number of rotatable bonds is 12. The maximum absolute atomic E-state index is 4.77. The van der Waals surface area contributed by atoms with Crippen LogP contribution in [-0.4, -0.2) is 4.98 Å². The molecule has 0 atom stereocenters. The van der Waals surface area contributed by atoms with Crippen LogP contribution in [0.5, 0.6) is 0 Å². The van der Waals surface area contributed by atoms with E-state index in [-0.39, 0.29) is 0 Å². The monoisotopic (exact) mass is 449 g/mol. The van der Waals surface area contributed by atoms with Crippen LogP contribution >= 0.6 is 22.7 Å². The van der Waals surface area contributed by atoms with Crippen molar-refractivity contribution in [2.45, 2.75) is 71.3 Å². The number of unbranched alkanes of at least 4 members (excludes halogenated alkanes) is 7. The number of fused-ring (bicyclic) bond motifs is 2. The summed E-state index contributed by atoms with van der Waals surface area (Å²) in [6.07, 6.45) is 16.4. The molecule has 2 aromatic heterocycles. The highest BCUT2D eigenvalue weighted by Crippen LogP contribution is 2.24. The fourth-order valence-electron chi connectivity index (χ4n) is 4.08. The number of thiazole rings is 2. The van der Waals surface area contributed by atoms with Gasteiger partial charge in [-0.15, -0.1) is 11.3 Å². The van der Waals surface area contributed by atoms with E-state index in [1.807, 2.05) is 11.3 Å². The predicted molar refractivity (Wildman–Crippen MR) is 137 cm³/mol. The van der Waals surface area contributed by atoms with Crippen molar-refractivity contribution in [1.29, 1.82) is 0 Å². The molecule has 0 radical (unpaired) electrons. The van der Waals surface area contributed by atoms with E-state index >= 15 is 0 Å². The van der Waals surface area contributed by atoms with Crippen molar-refractivity contribution >= 4 is 49.2 Å². The molecule has 0 bridgehead atoms. The summed E-state index contributed by atoms with van der Waals surface area (Å²) in [5.74, 6) is 0. The van der Waals surface area contributed by atoms with E-state index in [1.54, 1.807) is 11.3 Å². The van der Waals surface area contributed by atoms with E-state index in [0.717, 1.165) is 18.5 Å². The van der Waals surface area contributed by atoms with Crippen LogP contribution in [0.2, 0.25) is 0 Å². The van der Waals surface area contributed by atoms with E-state index in [2.05, 4.69) is 72.2 Å². The number of benzene rings is 2. The van der Waals surface area contributed by atoms with Gasteiger partial charge in [-0.05, 0) is 24.6 Å². The van der Waals surface area contributed by atoms with Crippen LogP contribution in [0.1, 0.15) is 68.3 Å². The van der Waals surface area contributed by atoms with Gasteiger partial charge in [-0.25, -0.2) is 4.98 Å².